The fraction of sp³-hybridized carbons (Fsp3) is 0.778. The average molecular weight is 219 g/mol. The zero-order valence-corrected chi connectivity index (χ0v) is 9.27. The number of carbonyl (C=O) groups excluding carboxylic acids is 1. The molecule has 0 rings (SSSR count). The van der Waals surface area contributed by atoms with E-state index in [2.05, 4.69) is 5.32 Å². The fourth-order valence-electron chi connectivity index (χ4n) is 0.823. The van der Waals surface area contributed by atoms with Crippen molar-refractivity contribution in [2.45, 2.75) is 45.4 Å². The van der Waals surface area contributed by atoms with Crippen LogP contribution in [0.15, 0.2) is 0 Å². The molecular formula is C9H17NO5. The van der Waals surface area contributed by atoms with E-state index in [1.165, 1.54) is 6.92 Å². The van der Waals surface area contributed by atoms with Gasteiger partial charge in [-0.2, -0.15) is 0 Å². The Morgan fingerprint density at radius 3 is 2.07 bits per heavy atom. The maximum absolute atomic E-state index is 11.2. The third kappa shape index (κ3) is 5.90. The van der Waals surface area contributed by atoms with Gasteiger partial charge in [0.15, 0.2) is 6.04 Å². The summed E-state index contributed by atoms with van der Waals surface area (Å²) in [6.07, 6.45) is -2.05. The molecule has 6 heteroatoms. The topological polar surface area (TPSA) is 95.9 Å². The van der Waals surface area contributed by atoms with Gasteiger partial charge in [-0.05, 0) is 27.7 Å². The molecule has 1 unspecified atom stereocenters. The lowest BCUT2D eigenvalue weighted by molar-refractivity contribution is -0.142. The molecular weight excluding hydrogens is 202 g/mol. The third-order valence-corrected chi connectivity index (χ3v) is 1.42. The van der Waals surface area contributed by atoms with Crippen molar-refractivity contribution in [2.24, 2.45) is 0 Å². The minimum Gasteiger partial charge on any atom is -0.480 e. The van der Waals surface area contributed by atoms with E-state index in [4.69, 9.17) is 14.9 Å². The summed E-state index contributed by atoms with van der Waals surface area (Å²) in [7, 11) is 0. The molecule has 0 fully saturated rings. The van der Waals surface area contributed by atoms with Crippen LogP contribution >= 0.6 is 0 Å². The van der Waals surface area contributed by atoms with Crippen molar-refractivity contribution in [3.8, 4) is 0 Å². The maximum Gasteiger partial charge on any atom is 0.408 e. The van der Waals surface area contributed by atoms with E-state index in [1.807, 2.05) is 0 Å². The summed E-state index contributed by atoms with van der Waals surface area (Å²) in [5.41, 5.74) is -0.703. The van der Waals surface area contributed by atoms with Crippen LogP contribution in [0.5, 0.6) is 0 Å². The second-order valence-electron chi connectivity index (χ2n) is 4.20. The molecule has 0 aliphatic carbocycles. The number of aliphatic hydroxyl groups is 1. The molecule has 3 N–H and O–H groups in total. The molecule has 0 aromatic rings. The van der Waals surface area contributed by atoms with Crippen molar-refractivity contribution in [3.05, 3.63) is 0 Å². The molecule has 6 nitrogen and oxygen atoms in total. The smallest absolute Gasteiger partial charge is 0.408 e. The largest absolute Gasteiger partial charge is 0.480 e. The fourth-order valence-corrected chi connectivity index (χ4v) is 0.823. The van der Waals surface area contributed by atoms with E-state index in [0.717, 1.165) is 0 Å². The van der Waals surface area contributed by atoms with Crippen molar-refractivity contribution >= 4 is 12.1 Å². The third-order valence-electron chi connectivity index (χ3n) is 1.42. The van der Waals surface area contributed by atoms with Crippen LogP contribution in [-0.4, -0.2) is 40.0 Å². The van der Waals surface area contributed by atoms with Crippen LogP contribution in [0.3, 0.4) is 0 Å². The van der Waals surface area contributed by atoms with Crippen LogP contribution in [-0.2, 0) is 9.53 Å². The Labute approximate surface area is 88.2 Å². The SMILES string of the molecule is CC(O)[C@H](NC(=O)OC(C)(C)C)C(=O)O. The van der Waals surface area contributed by atoms with Crippen LogP contribution < -0.4 is 5.32 Å². The lowest BCUT2D eigenvalue weighted by Gasteiger charge is -2.22. The normalized spacial score (nSPS) is 15.3. The number of alkyl carbamates (subject to hydrolysis) is 1. The number of aliphatic hydroxyl groups excluding tert-OH is 1. The van der Waals surface area contributed by atoms with Gasteiger partial charge in [0.25, 0.3) is 0 Å². The van der Waals surface area contributed by atoms with Crippen molar-refractivity contribution in [2.75, 3.05) is 0 Å². The van der Waals surface area contributed by atoms with Gasteiger partial charge in [0.1, 0.15) is 5.60 Å². The molecule has 0 aliphatic rings. The van der Waals surface area contributed by atoms with Crippen LogP contribution in [0.25, 0.3) is 0 Å². The highest BCUT2D eigenvalue weighted by Crippen LogP contribution is 2.07. The summed E-state index contributed by atoms with van der Waals surface area (Å²) in [5, 5.41) is 19.8. The summed E-state index contributed by atoms with van der Waals surface area (Å²) in [6, 6.07) is -1.36. The standard InChI is InChI=1S/C9H17NO5/c1-5(11)6(7(12)13)10-8(14)15-9(2,3)4/h5-6,11H,1-4H3,(H,10,14)(H,12,13)/t5?,6-/m0/s1. The zero-order chi connectivity index (χ0) is 12.2. The Bertz CT molecular complexity index is 243. The Kier molecular flexibility index (Phi) is 4.54. The van der Waals surface area contributed by atoms with E-state index < -0.39 is 29.8 Å². The van der Waals surface area contributed by atoms with Gasteiger partial charge in [0.05, 0.1) is 6.10 Å². The number of rotatable bonds is 3. The number of carbonyl (C=O) groups is 2. The number of hydrogen-bond donors (Lipinski definition) is 3. The second-order valence-corrected chi connectivity index (χ2v) is 4.20. The average Bonchev–Trinajstić information content (AvgIpc) is 1.95. The zero-order valence-electron chi connectivity index (χ0n) is 9.27. The highest BCUT2D eigenvalue weighted by atomic mass is 16.6. The molecule has 0 radical (unpaired) electrons. The number of carboxylic acid groups (broad SMARTS) is 1. The predicted molar refractivity (Wildman–Crippen MR) is 52.5 cm³/mol. The number of aliphatic carboxylic acids is 1. The van der Waals surface area contributed by atoms with Gasteiger partial charge >= 0.3 is 12.1 Å². The van der Waals surface area contributed by atoms with Gasteiger partial charge in [-0.15, -0.1) is 0 Å². The number of hydrogen-bond acceptors (Lipinski definition) is 4. The molecule has 0 bridgehead atoms. The van der Waals surface area contributed by atoms with Crippen molar-refractivity contribution in [3.63, 3.8) is 0 Å². The molecule has 0 aromatic carbocycles. The summed E-state index contributed by atoms with van der Waals surface area (Å²) >= 11 is 0. The Hall–Kier alpha value is -1.30. The molecule has 0 saturated heterocycles. The molecule has 0 saturated carbocycles. The molecule has 2 atom stereocenters. The van der Waals surface area contributed by atoms with Crippen molar-refractivity contribution < 1.29 is 24.5 Å². The molecule has 0 heterocycles. The van der Waals surface area contributed by atoms with E-state index in [9.17, 15) is 9.59 Å². The van der Waals surface area contributed by atoms with Gasteiger partial charge in [-0.1, -0.05) is 0 Å². The lowest BCUT2D eigenvalue weighted by atomic mass is 10.2. The first-order valence-corrected chi connectivity index (χ1v) is 4.54. The summed E-state index contributed by atoms with van der Waals surface area (Å²) in [5.74, 6) is -1.31. The Morgan fingerprint density at radius 1 is 1.33 bits per heavy atom. The summed E-state index contributed by atoms with van der Waals surface area (Å²) in [6.45, 7) is 6.25. The summed E-state index contributed by atoms with van der Waals surface area (Å²) < 4.78 is 4.84. The van der Waals surface area contributed by atoms with Crippen molar-refractivity contribution in [1.82, 2.24) is 5.32 Å². The molecule has 0 aromatic heterocycles. The van der Waals surface area contributed by atoms with E-state index >= 15 is 0 Å². The first-order valence-electron chi connectivity index (χ1n) is 4.54. The monoisotopic (exact) mass is 219 g/mol. The van der Waals surface area contributed by atoms with Gasteiger partial charge < -0.3 is 20.3 Å². The van der Waals surface area contributed by atoms with Crippen LogP contribution in [0.2, 0.25) is 0 Å². The number of ether oxygens (including phenoxy) is 1. The van der Waals surface area contributed by atoms with E-state index in [-0.39, 0.29) is 0 Å². The van der Waals surface area contributed by atoms with E-state index in [0.29, 0.717) is 0 Å². The van der Waals surface area contributed by atoms with Gasteiger partial charge in [-0.25, -0.2) is 9.59 Å². The maximum atomic E-state index is 11.2. The summed E-state index contributed by atoms with van der Waals surface area (Å²) in [4.78, 5) is 21.8. The first kappa shape index (κ1) is 13.7. The Balaban J connectivity index is 4.31. The number of amides is 1. The van der Waals surface area contributed by atoms with Crippen LogP contribution in [0.4, 0.5) is 4.79 Å². The highest BCUT2D eigenvalue weighted by Gasteiger charge is 2.27. The predicted octanol–water partition coefficient (Wildman–Crippen LogP) is 0.345. The number of nitrogens with one attached hydrogen (secondary N) is 1. The highest BCUT2D eigenvalue weighted by molar-refractivity contribution is 5.80. The second kappa shape index (κ2) is 4.97. The van der Waals surface area contributed by atoms with Gasteiger partial charge in [0, 0.05) is 0 Å². The molecule has 88 valence electrons. The van der Waals surface area contributed by atoms with Crippen LogP contribution in [0.1, 0.15) is 27.7 Å². The lowest BCUT2D eigenvalue weighted by Crippen LogP contribution is -2.49. The molecule has 0 spiro atoms. The quantitative estimate of drug-likeness (QED) is 0.636. The number of carboxylic acids is 1. The first-order chi connectivity index (χ1) is 6.63. The van der Waals surface area contributed by atoms with Crippen LogP contribution in [0, 0.1) is 0 Å². The minimum atomic E-state index is -1.36. The molecule has 1 amide bonds. The van der Waals surface area contributed by atoms with Gasteiger partial charge in [-0.3, -0.25) is 0 Å². The molecule has 0 aliphatic heterocycles. The Morgan fingerprint density at radius 2 is 1.80 bits per heavy atom. The van der Waals surface area contributed by atoms with Gasteiger partial charge in [0.2, 0.25) is 0 Å². The van der Waals surface area contributed by atoms with E-state index in [1.54, 1.807) is 20.8 Å². The van der Waals surface area contributed by atoms with Crippen molar-refractivity contribution in [1.29, 1.82) is 0 Å². The minimum absolute atomic E-state index is 0.703. The molecule has 15 heavy (non-hydrogen) atoms.